The van der Waals surface area contributed by atoms with Gasteiger partial charge in [0.15, 0.2) is 0 Å². The van der Waals surface area contributed by atoms with E-state index in [9.17, 15) is 4.79 Å². The zero-order chi connectivity index (χ0) is 12.5. The second-order valence-corrected chi connectivity index (χ2v) is 4.27. The molecule has 2 aromatic carbocycles. The number of fused-ring (bicyclic) bond motifs is 1. The average Bonchev–Trinajstić information content (AvgIpc) is 2.77. The Balaban J connectivity index is 2.01. The molecule has 1 heterocycles. The van der Waals surface area contributed by atoms with Crippen molar-refractivity contribution in [1.82, 2.24) is 5.32 Å². The number of methoxy groups -OCH3 is 1. The molecule has 1 amide bonds. The Hall–Kier alpha value is -2.29. The van der Waals surface area contributed by atoms with Crippen LogP contribution in [0.5, 0.6) is 5.75 Å². The van der Waals surface area contributed by atoms with E-state index in [4.69, 9.17) is 4.74 Å². The number of carbonyl (C=O) groups excluding carboxylic acids is 1. The van der Waals surface area contributed by atoms with Crippen LogP contribution in [0.4, 0.5) is 0 Å². The third-order valence-electron chi connectivity index (χ3n) is 3.24. The molecule has 0 aliphatic carbocycles. The lowest BCUT2D eigenvalue weighted by Gasteiger charge is -2.12. The summed E-state index contributed by atoms with van der Waals surface area (Å²) in [6, 6.07) is 15.4. The van der Waals surface area contributed by atoms with Gasteiger partial charge in [-0.25, -0.2) is 0 Å². The van der Waals surface area contributed by atoms with Crippen molar-refractivity contribution in [1.29, 1.82) is 0 Å². The molecule has 0 unspecified atom stereocenters. The number of benzene rings is 2. The van der Waals surface area contributed by atoms with Crippen molar-refractivity contribution in [3.8, 4) is 5.75 Å². The number of nitrogens with one attached hydrogen (secondary N) is 1. The summed E-state index contributed by atoms with van der Waals surface area (Å²) in [6.45, 7) is 0. The molecule has 3 rings (SSSR count). The van der Waals surface area contributed by atoms with E-state index in [0.717, 1.165) is 22.4 Å². The standard InChI is InChI=1S/C15H13NO2/c1-18-11-8-6-10(7-9-11)14-12-4-2-3-5-13(12)15(17)16-14/h2-9,14H,1H3,(H,16,17)/t14-/m0/s1. The third-order valence-corrected chi connectivity index (χ3v) is 3.24. The SMILES string of the molecule is COc1ccc([C@@H]2NC(=O)c3ccccc32)cc1. The summed E-state index contributed by atoms with van der Waals surface area (Å²) in [5, 5.41) is 2.99. The van der Waals surface area contributed by atoms with Crippen LogP contribution in [0.15, 0.2) is 48.5 Å². The lowest BCUT2D eigenvalue weighted by molar-refractivity contribution is 0.0960. The van der Waals surface area contributed by atoms with Crippen molar-refractivity contribution in [2.75, 3.05) is 7.11 Å². The van der Waals surface area contributed by atoms with E-state index in [1.54, 1.807) is 7.11 Å². The molecular formula is C15H13NO2. The average molecular weight is 239 g/mol. The van der Waals surface area contributed by atoms with Gasteiger partial charge >= 0.3 is 0 Å². The second-order valence-electron chi connectivity index (χ2n) is 4.27. The molecule has 1 aliphatic rings. The Kier molecular flexibility index (Phi) is 2.52. The molecule has 0 bridgehead atoms. The van der Waals surface area contributed by atoms with Crippen LogP contribution in [-0.2, 0) is 0 Å². The fraction of sp³-hybridized carbons (Fsp3) is 0.133. The summed E-state index contributed by atoms with van der Waals surface area (Å²) in [7, 11) is 1.64. The first kappa shape index (κ1) is 10.8. The van der Waals surface area contributed by atoms with E-state index in [0.29, 0.717) is 0 Å². The van der Waals surface area contributed by atoms with Crippen LogP contribution in [0.3, 0.4) is 0 Å². The number of amides is 1. The first-order chi connectivity index (χ1) is 8.79. The van der Waals surface area contributed by atoms with Crippen molar-refractivity contribution in [3.05, 3.63) is 65.2 Å². The van der Waals surface area contributed by atoms with Gasteiger partial charge in [0.1, 0.15) is 5.75 Å². The number of hydrogen-bond acceptors (Lipinski definition) is 2. The lowest BCUT2D eigenvalue weighted by Crippen LogP contribution is -2.19. The Bertz CT molecular complexity index is 590. The largest absolute Gasteiger partial charge is 0.497 e. The molecule has 0 fully saturated rings. The van der Waals surface area contributed by atoms with E-state index in [1.807, 2.05) is 48.5 Å². The van der Waals surface area contributed by atoms with Gasteiger partial charge in [0.25, 0.3) is 5.91 Å². The van der Waals surface area contributed by atoms with E-state index >= 15 is 0 Å². The van der Waals surface area contributed by atoms with Crippen molar-refractivity contribution in [2.45, 2.75) is 6.04 Å². The van der Waals surface area contributed by atoms with E-state index in [-0.39, 0.29) is 11.9 Å². The minimum atomic E-state index is -0.0559. The molecule has 0 spiro atoms. The quantitative estimate of drug-likeness (QED) is 0.874. The smallest absolute Gasteiger partial charge is 0.252 e. The molecule has 1 N–H and O–H groups in total. The molecule has 1 aliphatic heterocycles. The molecule has 90 valence electrons. The van der Waals surface area contributed by atoms with Crippen molar-refractivity contribution in [2.24, 2.45) is 0 Å². The van der Waals surface area contributed by atoms with E-state index in [1.165, 1.54) is 0 Å². The number of rotatable bonds is 2. The molecule has 0 aromatic heterocycles. The Morgan fingerprint density at radius 3 is 2.50 bits per heavy atom. The maximum atomic E-state index is 11.8. The summed E-state index contributed by atoms with van der Waals surface area (Å²) >= 11 is 0. The number of carbonyl (C=O) groups is 1. The van der Waals surface area contributed by atoms with Crippen LogP contribution in [0.2, 0.25) is 0 Å². The summed E-state index contributed by atoms with van der Waals surface area (Å²) in [6.07, 6.45) is 0. The topological polar surface area (TPSA) is 38.3 Å². The monoisotopic (exact) mass is 239 g/mol. The fourth-order valence-electron chi connectivity index (χ4n) is 2.30. The minimum absolute atomic E-state index is 0.00795. The Morgan fingerprint density at radius 1 is 1.06 bits per heavy atom. The van der Waals surface area contributed by atoms with Crippen LogP contribution in [-0.4, -0.2) is 13.0 Å². The fourth-order valence-corrected chi connectivity index (χ4v) is 2.30. The number of hydrogen-bond donors (Lipinski definition) is 1. The van der Waals surface area contributed by atoms with Gasteiger partial charge in [-0.1, -0.05) is 30.3 Å². The molecule has 3 nitrogen and oxygen atoms in total. The molecule has 3 heteroatoms. The van der Waals surface area contributed by atoms with Crippen molar-refractivity contribution >= 4 is 5.91 Å². The first-order valence-corrected chi connectivity index (χ1v) is 5.83. The Labute approximate surface area is 105 Å². The van der Waals surface area contributed by atoms with Crippen molar-refractivity contribution < 1.29 is 9.53 Å². The van der Waals surface area contributed by atoms with Crippen LogP contribution in [0, 0.1) is 0 Å². The normalized spacial score (nSPS) is 17.2. The van der Waals surface area contributed by atoms with Gasteiger partial charge in [0, 0.05) is 5.56 Å². The number of ether oxygens (including phenoxy) is 1. The Morgan fingerprint density at radius 2 is 1.78 bits per heavy atom. The highest BCUT2D eigenvalue weighted by Crippen LogP contribution is 2.31. The highest BCUT2D eigenvalue weighted by molar-refractivity contribution is 5.99. The minimum Gasteiger partial charge on any atom is -0.497 e. The predicted octanol–water partition coefficient (Wildman–Crippen LogP) is 2.53. The predicted molar refractivity (Wildman–Crippen MR) is 68.7 cm³/mol. The van der Waals surface area contributed by atoms with Gasteiger partial charge < -0.3 is 10.1 Å². The summed E-state index contributed by atoms with van der Waals surface area (Å²) < 4.78 is 5.14. The van der Waals surface area contributed by atoms with Gasteiger partial charge in [-0.05, 0) is 29.3 Å². The molecule has 0 saturated carbocycles. The van der Waals surface area contributed by atoms with Crippen LogP contribution in [0.1, 0.15) is 27.5 Å². The maximum absolute atomic E-state index is 11.8. The highest BCUT2D eigenvalue weighted by atomic mass is 16.5. The molecule has 0 saturated heterocycles. The van der Waals surface area contributed by atoms with Crippen LogP contribution >= 0.6 is 0 Å². The van der Waals surface area contributed by atoms with Gasteiger partial charge in [-0.3, -0.25) is 4.79 Å². The van der Waals surface area contributed by atoms with E-state index < -0.39 is 0 Å². The van der Waals surface area contributed by atoms with Crippen LogP contribution in [0.25, 0.3) is 0 Å². The lowest BCUT2D eigenvalue weighted by atomic mass is 9.98. The van der Waals surface area contributed by atoms with E-state index in [2.05, 4.69) is 5.32 Å². The van der Waals surface area contributed by atoms with Gasteiger partial charge in [-0.2, -0.15) is 0 Å². The van der Waals surface area contributed by atoms with Gasteiger partial charge in [0.05, 0.1) is 13.2 Å². The summed E-state index contributed by atoms with van der Waals surface area (Å²) in [5.74, 6) is 0.808. The molecule has 0 radical (unpaired) electrons. The highest BCUT2D eigenvalue weighted by Gasteiger charge is 2.28. The second kappa shape index (κ2) is 4.18. The maximum Gasteiger partial charge on any atom is 0.252 e. The zero-order valence-electron chi connectivity index (χ0n) is 10.0. The van der Waals surface area contributed by atoms with Crippen LogP contribution < -0.4 is 10.1 Å². The van der Waals surface area contributed by atoms with Gasteiger partial charge in [0.2, 0.25) is 0 Å². The molecule has 2 aromatic rings. The summed E-state index contributed by atoms with van der Waals surface area (Å²) in [4.78, 5) is 11.8. The molecular weight excluding hydrogens is 226 g/mol. The summed E-state index contributed by atoms with van der Waals surface area (Å²) in [5.41, 5.74) is 2.86. The third kappa shape index (κ3) is 1.64. The van der Waals surface area contributed by atoms with Gasteiger partial charge in [-0.15, -0.1) is 0 Å². The van der Waals surface area contributed by atoms with Crippen molar-refractivity contribution in [3.63, 3.8) is 0 Å². The zero-order valence-corrected chi connectivity index (χ0v) is 10.0. The molecule has 1 atom stereocenters. The molecule has 18 heavy (non-hydrogen) atoms. The first-order valence-electron chi connectivity index (χ1n) is 5.83.